The molecule has 0 aliphatic heterocycles. The molecular weight excluding hydrogens is 240 g/mol. The van der Waals surface area contributed by atoms with Crippen molar-refractivity contribution in [1.29, 1.82) is 0 Å². The van der Waals surface area contributed by atoms with Gasteiger partial charge < -0.3 is 10.2 Å². The van der Waals surface area contributed by atoms with Crippen LogP contribution in [0.1, 0.15) is 43.0 Å². The molecule has 2 atom stereocenters. The molecule has 3 heteroatoms. The van der Waals surface area contributed by atoms with Crippen LogP contribution in [0.2, 0.25) is 0 Å². The predicted octanol–water partition coefficient (Wildman–Crippen LogP) is 3.68. The van der Waals surface area contributed by atoms with E-state index in [0.29, 0.717) is 12.1 Å². The molecule has 1 rings (SSSR count). The van der Waals surface area contributed by atoms with Crippen LogP contribution in [0.25, 0.3) is 0 Å². The normalized spacial score (nSPS) is 15.3. The topological polar surface area (TPSA) is 15.3 Å². The molecule has 2 nitrogen and oxygen atoms in total. The van der Waals surface area contributed by atoms with Crippen molar-refractivity contribution in [1.82, 2.24) is 10.2 Å². The van der Waals surface area contributed by atoms with Gasteiger partial charge in [0, 0.05) is 28.4 Å². The maximum absolute atomic E-state index is 3.78. The highest BCUT2D eigenvalue weighted by Gasteiger charge is 2.16. The van der Waals surface area contributed by atoms with Crippen molar-refractivity contribution in [3.05, 3.63) is 21.9 Å². The van der Waals surface area contributed by atoms with Crippen molar-refractivity contribution < 1.29 is 0 Å². The van der Waals surface area contributed by atoms with Gasteiger partial charge in [0.05, 0.1) is 0 Å². The van der Waals surface area contributed by atoms with E-state index < -0.39 is 0 Å². The Morgan fingerprint density at radius 2 is 1.89 bits per heavy atom. The van der Waals surface area contributed by atoms with Crippen molar-refractivity contribution in [3.63, 3.8) is 0 Å². The van der Waals surface area contributed by atoms with E-state index in [1.807, 2.05) is 11.3 Å². The second-order valence-electron chi connectivity index (χ2n) is 5.93. The largest absolute Gasteiger partial charge is 0.308 e. The van der Waals surface area contributed by atoms with Gasteiger partial charge in [0.2, 0.25) is 0 Å². The number of aryl methyl sites for hydroxylation is 1. The van der Waals surface area contributed by atoms with Crippen molar-refractivity contribution in [2.45, 2.75) is 46.2 Å². The van der Waals surface area contributed by atoms with Crippen molar-refractivity contribution in [3.8, 4) is 0 Å². The maximum Gasteiger partial charge on any atom is 0.0388 e. The predicted molar refractivity (Wildman–Crippen MR) is 82.4 cm³/mol. The molecule has 1 N–H and O–H groups in total. The van der Waals surface area contributed by atoms with Crippen molar-refractivity contribution in [2.24, 2.45) is 5.92 Å². The summed E-state index contributed by atoms with van der Waals surface area (Å²) in [6.07, 6.45) is 1.23. The number of hydrogen-bond acceptors (Lipinski definition) is 3. The lowest BCUT2D eigenvalue weighted by Crippen LogP contribution is -2.40. The summed E-state index contributed by atoms with van der Waals surface area (Å²) in [5, 5.41) is 3.78. The van der Waals surface area contributed by atoms with Crippen LogP contribution in [0.3, 0.4) is 0 Å². The van der Waals surface area contributed by atoms with E-state index in [2.05, 4.69) is 64.1 Å². The molecule has 0 aromatic carbocycles. The Morgan fingerprint density at radius 3 is 2.33 bits per heavy atom. The summed E-state index contributed by atoms with van der Waals surface area (Å²) >= 11 is 1.90. The molecule has 0 fully saturated rings. The minimum Gasteiger partial charge on any atom is -0.308 e. The van der Waals surface area contributed by atoms with Crippen LogP contribution < -0.4 is 5.32 Å². The Labute approximate surface area is 116 Å². The summed E-state index contributed by atoms with van der Waals surface area (Å²) in [6.45, 7) is 10.1. The minimum atomic E-state index is 0.451. The number of nitrogens with one attached hydrogen (secondary N) is 1. The lowest BCUT2D eigenvalue weighted by atomic mass is 10.0. The SMILES string of the molecule is Cc1ccc(C(C)NC(CC(C)C)CN(C)C)s1. The van der Waals surface area contributed by atoms with Crippen LogP contribution in [0, 0.1) is 12.8 Å². The van der Waals surface area contributed by atoms with E-state index in [9.17, 15) is 0 Å². The summed E-state index contributed by atoms with van der Waals surface area (Å²) < 4.78 is 0. The van der Waals surface area contributed by atoms with E-state index in [4.69, 9.17) is 0 Å². The first-order valence-corrected chi connectivity index (χ1v) is 7.67. The highest BCUT2D eigenvalue weighted by molar-refractivity contribution is 7.12. The molecule has 0 aliphatic carbocycles. The average Bonchev–Trinajstić information content (AvgIpc) is 2.62. The molecule has 0 aliphatic rings. The molecule has 18 heavy (non-hydrogen) atoms. The van der Waals surface area contributed by atoms with Crippen LogP contribution in [-0.4, -0.2) is 31.6 Å². The Balaban J connectivity index is 2.58. The van der Waals surface area contributed by atoms with Gasteiger partial charge >= 0.3 is 0 Å². The zero-order chi connectivity index (χ0) is 13.7. The molecule has 0 saturated heterocycles. The van der Waals surface area contributed by atoms with E-state index in [1.54, 1.807) is 0 Å². The summed E-state index contributed by atoms with van der Waals surface area (Å²) in [5.41, 5.74) is 0. The van der Waals surface area contributed by atoms with Gasteiger partial charge in [0.15, 0.2) is 0 Å². The molecule has 0 saturated carbocycles. The Bertz CT molecular complexity index is 334. The lowest BCUT2D eigenvalue weighted by Gasteiger charge is -2.27. The number of rotatable bonds is 7. The van der Waals surface area contributed by atoms with E-state index in [0.717, 1.165) is 12.5 Å². The van der Waals surface area contributed by atoms with Gasteiger partial charge in [-0.15, -0.1) is 11.3 Å². The third kappa shape index (κ3) is 5.51. The van der Waals surface area contributed by atoms with Crippen molar-refractivity contribution in [2.75, 3.05) is 20.6 Å². The van der Waals surface area contributed by atoms with Gasteiger partial charge in [-0.25, -0.2) is 0 Å². The molecule has 0 spiro atoms. The number of likely N-dealkylation sites (N-methyl/N-ethyl adjacent to an activating group) is 1. The molecular formula is C15H28N2S. The second kappa shape index (κ2) is 7.27. The van der Waals surface area contributed by atoms with Crippen molar-refractivity contribution >= 4 is 11.3 Å². The molecule has 1 aromatic rings. The van der Waals surface area contributed by atoms with E-state index >= 15 is 0 Å². The number of thiophene rings is 1. The van der Waals surface area contributed by atoms with Crippen LogP contribution in [-0.2, 0) is 0 Å². The second-order valence-corrected chi connectivity index (χ2v) is 7.24. The van der Waals surface area contributed by atoms with Gasteiger partial charge in [0.1, 0.15) is 0 Å². The highest BCUT2D eigenvalue weighted by Crippen LogP contribution is 2.23. The first kappa shape index (κ1) is 15.7. The zero-order valence-corrected chi connectivity index (χ0v) is 13.5. The Hall–Kier alpha value is -0.380. The minimum absolute atomic E-state index is 0.451. The number of hydrogen-bond donors (Lipinski definition) is 1. The summed E-state index contributed by atoms with van der Waals surface area (Å²) in [4.78, 5) is 5.11. The molecule has 0 amide bonds. The smallest absolute Gasteiger partial charge is 0.0388 e. The van der Waals surface area contributed by atoms with Crippen LogP contribution in [0.15, 0.2) is 12.1 Å². The van der Waals surface area contributed by atoms with Gasteiger partial charge in [-0.2, -0.15) is 0 Å². The third-order valence-electron chi connectivity index (χ3n) is 3.02. The standard InChI is InChI=1S/C15H28N2S/c1-11(2)9-14(10-17(5)6)16-13(4)15-8-7-12(3)18-15/h7-8,11,13-14,16H,9-10H2,1-6H3. The van der Waals surface area contributed by atoms with E-state index in [1.165, 1.54) is 16.2 Å². The van der Waals surface area contributed by atoms with Gasteiger partial charge in [-0.05, 0) is 52.4 Å². The van der Waals surface area contributed by atoms with Crippen LogP contribution >= 0.6 is 11.3 Å². The van der Waals surface area contributed by atoms with Crippen LogP contribution in [0.4, 0.5) is 0 Å². The zero-order valence-electron chi connectivity index (χ0n) is 12.7. The molecule has 104 valence electrons. The maximum atomic E-state index is 3.78. The third-order valence-corrected chi connectivity index (χ3v) is 4.20. The monoisotopic (exact) mass is 268 g/mol. The fourth-order valence-corrected chi connectivity index (χ4v) is 3.22. The fraction of sp³-hybridized carbons (Fsp3) is 0.733. The summed E-state index contributed by atoms with van der Waals surface area (Å²) in [6, 6.07) is 5.48. The first-order chi connectivity index (χ1) is 8.38. The summed E-state index contributed by atoms with van der Waals surface area (Å²) in [7, 11) is 4.30. The Morgan fingerprint density at radius 1 is 1.22 bits per heavy atom. The molecule has 0 radical (unpaired) electrons. The average molecular weight is 268 g/mol. The molecule has 0 bridgehead atoms. The Kier molecular flexibility index (Phi) is 6.33. The quantitative estimate of drug-likeness (QED) is 0.811. The van der Waals surface area contributed by atoms with Gasteiger partial charge in [-0.1, -0.05) is 13.8 Å². The van der Waals surface area contributed by atoms with Crippen LogP contribution in [0.5, 0.6) is 0 Å². The summed E-state index contributed by atoms with van der Waals surface area (Å²) in [5.74, 6) is 0.736. The van der Waals surface area contributed by atoms with Gasteiger partial charge in [-0.3, -0.25) is 0 Å². The fourth-order valence-electron chi connectivity index (χ4n) is 2.33. The van der Waals surface area contributed by atoms with E-state index in [-0.39, 0.29) is 0 Å². The van der Waals surface area contributed by atoms with Gasteiger partial charge in [0.25, 0.3) is 0 Å². The highest BCUT2D eigenvalue weighted by atomic mass is 32.1. The first-order valence-electron chi connectivity index (χ1n) is 6.85. The lowest BCUT2D eigenvalue weighted by molar-refractivity contribution is 0.292. The number of nitrogens with zero attached hydrogens (tertiary/aromatic N) is 1. The molecule has 1 heterocycles. The molecule has 1 aromatic heterocycles. The molecule has 2 unspecified atom stereocenters.